The Morgan fingerprint density at radius 3 is 2.13 bits per heavy atom. The Hall–Kier alpha value is -0.0500. The lowest BCUT2D eigenvalue weighted by Crippen LogP contribution is -2.46. The molecule has 1 unspecified atom stereocenters. The molecule has 0 aromatic rings. The molecule has 0 aliphatic carbocycles. The first kappa shape index (κ1) is 14.9. The van der Waals surface area contributed by atoms with Gasteiger partial charge < -0.3 is 5.32 Å². The molecule has 0 aliphatic rings. The maximum absolute atomic E-state index is 11.8. The highest BCUT2D eigenvalue weighted by Crippen LogP contribution is 2.21. The fraction of sp³-hybridized carbons (Fsp3) is 0.917. The first-order valence-corrected chi connectivity index (χ1v) is 6.71. The molecule has 0 saturated carbocycles. The zero-order chi connectivity index (χ0) is 12.1. The molecular formula is C12H24BrNO. The molecule has 3 heteroatoms. The maximum Gasteiger partial charge on any atom is 0.220 e. The third-order valence-corrected chi connectivity index (χ3v) is 2.96. The molecule has 15 heavy (non-hydrogen) atoms. The van der Waals surface area contributed by atoms with Crippen LogP contribution in [0.15, 0.2) is 0 Å². The molecule has 90 valence electrons. The number of hydrogen-bond acceptors (Lipinski definition) is 1. The summed E-state index contributed by atoms with van der Waals surface area (Å²) in [4.78, 5) is 11.8. The van der Waals surface area contributed by atoms with E-state index in [2.05, 4.69) is 55.9 Å². The van der Waals surface area contributed by atoms with Gasteiger partial charge in [-0.1, -0.05) is 43.6 Å². The lowest BCUT2D eigenvalue weighted by atomic mass is 9.90. The van der Waals surface area contributed by atoms with E-state index in [1.807, 2.05) is 0 Å². The Kier molecular flexibility index (Phi) is 5.86. The SMILES string of the molecule is CCC(C)(CCBr)NC(=O)CC(C)(C)C. The summed E-state index contributed by atoms with van der Waals surface area (Å²) in [5.74, 6) is 0.160. The predicted octanol–water partition coefficient (Wildman–Crippen LogP) is 3.49. The summed E-state index contributed by atoms with van der Waals surface area (Å²) in [6.07, 6.45) is 2.53. The quantitative estimate of drug-likeness (QED) is 0.766. The van der Waals surface area contributed by atoms with Gasteiger partial charge in [-0.15, -0.1) is 0 Å². The summed E-state index contributed by atoms with van der Waals surface area (Å²) in [6.45, 7) is 10.5. The smallest absolute Gasteiger partial charge is 0.220 e. The zero-order valence-corrected chi connectivity index (χ0v) is 12.2. The van der Waals surface area contributed by atoms with Gasteiger partial charge in [-0.25, -0.2) is 0 Å². The van der Waals surface area contributed by atoms with Gasteiger partial charge in [0.25, 0.3) is 0 Å². The topological polar surface area (TPSA) is 29.1 Å². The minimum absolute atomic E-state index is 0.0626. The largest absolute Gasteiger partial charge is 0.351 e. The summed E-state index contributed by atoms with van der Waals surface area (Å²) < 4.78 is 0. The predicted molar refractivity (Wildman–Crippen MR) is 69.3 cm³/mol. The standard InChI is InChI=1S/C12H24BrNO/c1-6-12(5,7-8-13)14-10(15)9-11(2,3)4/h6-9H2,1-5H3,(H,14,15). The van der Waals surface area contributed by atoms with Crippen LogP contribution in [-0.4, -0.2) is 16.8 Å². The van der Waals surface area contributed by atoms with Gasteiger partial charge in [0.1, 0.15) is 0 Å². The van der Waals surface area contributed by atoms with Crippen LogP contribution in [0.2, 0.25) is 0 Å². The van der Waals surface area contributed by atoms with Gasteiger partial charge in [0.15, 0.2) is 0 Å². The molecule has 0 aromatic heterocycles. The Morgan fingerprint density at radius 2 is 1.80 bits per heavy atom. The first-order valence-electron chi connectivity index (χ1n) is 5.59. The van der Waals surface area contributed by atoms with E-state index in [1.54, 1.807) is 0 Å². The van der Waals surface area contributed by atoms with Crippen molar-refractivity contribution in [1.82, 2.24) is 5.32 Å². The van der Waals surface area contributed by atoms with Crippen molar-refractivity contribution in [3.63, 3.8) is 0 Å². The number of carbonyl (C=O) groups is 1. The Labute approximate surface area is 102 Å². The fourth-order valence-electron chi connectivity index (χ4n) is 1.40. The lowest BCUT2D eigenvalue weighted by molar-refractivity contribution is -0.124. The highest BCUT2D eigenvalue weighted by atomic mass is 79.9. The molecule has 2 nitrogen and oxygen atoms in total. The number of nitrogens with one attached hydrogen (secondary N) is 1. The molecule has 0 fully saturated rings. The summed E-state index contributed by atoms with van der Waals surface area (Å²) in [7, 11) is 0. The van der Waals surface area contributed by atoms with Crippen molar-refractivity contribution in [1.29, 1.82) is 0 Å². The van der Waals surface area contributed by atoms with Crippen LogP contribution in [0.3, 0.4) is 0 Å². The second-order valence-corrected chi connectivity index (χ2v) is 6.43. The van der Waals surface area contributed by atoms with E-state index in [0.717, 1.165) is 18.2 Å². The number of rotatable bonds is 5. The summed E-state index contributed by atoms with van der Waals surface area (Å²) in [6, 6.07) is 0. The number of amides is 1. The van der Waals surface area contributed by atoms with Crippen LogP contribution < -0.4 is 5.32 Å². The normalized spacial score (nSPS) is 15.9. The molecule has 0 spiro atoms. The maximum atomic E-state index is 11.8. The molecule has 0 heterocycles. The van der Waals surface area contributed by atoms with Crippen molar-refractivity contribution in [2.75, 3.05) is 5.33 Å². The fourth-order valence-corrected chi connectivity index (χ4v) is 2.27. The zero-order valence-electron chi connectivity index (χ0n) is 10.6. The van der Waals surface area contributed by atoms with Crippen molar-refractivity contribution in [3.05, 3.63) is 0 Å². The Bertz CT molecular complexity index is 210. The average Bonchev–Trinajstić information content (AvgIpc) is 2.00. The van der Waals surface area contributed by atoms with Gasteiger partial charge in [-0.05, 0) is 25.2 Å². The summed E-state index contributed by atoms with van der Waals surface area (Å²) in [5, 5.41) is 4.06. The van der Waals surface area contributed by atoms with Crippen LogP contribution in [0.1, 0.15) is 53.9 Å². The van der Waals surface area contributed by atoms with Crippen molar-refractivity contribution < 1.29 is 4.79 Å². The van der Waals surface area contributed by atoms with Crippen molar-refractivity contribution in [3.8, 4) is 0 Å². The van der Waals surface area contributed by atoms with E-state index >= 15 is 0 Å². The van der Waals surface area contributed by atoms with Gasteiger partial charge in [-0.3, -0.25) is 4.79 Å². The highest BCUT2D eigenvalue weighted by molar-refractivity contribution is 9.09. The third-order valence-electron chi connectivity index (χ3n) is 2.56. The van der Waals surface area contributed by atoms with Crippen LogP contribution >= 0.6 is 15.9 Å². The van der Waals surface area contributed by atoms with E-state index in [-0.39, 0.29) is 16.9 Å². The van der Waals surface area contributed by atoms with Crippen molar-refractivity contribution >= 4 is 21.8 Å². The molecule has 0 aromatic carbocycles. The number of hydrogen-bond donors (Lipinski definition) is 1. The number of carbonyl (C=O) groups excluding carboxylic acids is 1. The second kappa shape index (κ2) is 5.88. The van der Waals surface area contributed by atoms with Gasteiger partial charge in [0, 0.05) is 17.3 Å². The molecule has 1 atom stereocenters. The van der Waals surface area contributed by atoms with Gasteiger partial charge in [-0.2, -0.15) is 0 Å². The second-order valence-electron chi connectivity index (χ2n) is 5.64. The van der Waals surface area contributed by atoms with E-state index in [4.69, 9.17) is 0 Å². The Balaban J connectivity index is 4.24. The van der Waals surface area contributed by atoms with Gasteiger partial charge in [0.2, 0.25) is 5.91 Å². The monoisotopic (exact) mass is 277 g/mol. The van der Waals surface area contributed by atoms with Gasteiger partial charge >= 0.3 is 0 Å². The Morgan fingerprint density at radius 1 is 1.27 bits per heavy atom. The van der Waals surface area contributed by atoms with Crippen molar-refractivity contribution in [2.24, 2.45) is 5.41 Å². The van der Waals surface area contributed by atoms with Crippen LogP contribution in [0.4, 0.5) is 0 Å². The van der Waals surface area contributed by atoms with E-state index in [0.29, 0.717) is 6.42 Å². The van der Waals surface area contributed by atoms with E-state index in [9.17, 15) is 4.79 Å². The lowest BCUT2D eigenvalue weighted by Gasteiger charge is -2.30. The van der Waals surface area contributed by atoms with E-state index < -0.39 is 0 Å². The van der Waals surface area contributed by atoms with Crippen LogP contribution in [-0.2, 0) is 4.79 Å². The van der Waals surface area contributed by atoms with Crippen LogP contribution in [0, 0.1) is 5.41 Å². The van der Waals surface area contributed by atoms with Crippen LogP contribution in [0.5, 0.6) is 0 Å². The molecule has 0 rings (SSSR count). The molecule has 0 saturated heterocycles. The van der Waals surface area contributed by atoms with Crippen LogP contribution in [0.25, 0.3) is 0 Å². The van der Waals surface area contributed by atoms with Gasteiger partial charge in [0.05, 0.1) is 0 Å². The average molecular weight is 278 g/mol. The number of halogens is 1. The minimum Gasteiger partial charge on any atom is -0.351 e. The molecule has 1 N–H and O–H groups in total. The third kappa shape index (κ3) is 6.93. The molecule has 0 radical (unpaired) electrons. The molecule has 0 aliphatic heterocycles. The first-order chi connectivity index (χ1) is 6.72. The summed E-state index contributed by atoms with van der Waals surface area (Å²) in [5.41, 5.74) is -0.00102. The van der Waals surface area contributed by atoms with Crippen molar-refractivity contribution in [2.45, 2.75) is 59.4 Å². The molecule has 1 amide bonds. The minimum atomic E-state index is -0.0637. The summed E-state index contributed by atoms with van der Waals surface area (Å²) >= 11 is 3.43. The van der Waals surface area contributed by atoms with E-state index in [1.165, 1.54) is 0 Å². The molecule has 0 bridgehead atoms. The highest BCUT2D eigenvalue weighted by Gasteiger charge is 2.25. The molecular weight excluding hydrogens is 254 g/mol. The number of alkyl halides is 1.